The van der Waals surface area contributed by atoms with Gasteiger partial charge in [-0.2, -0.15) is 0 Å². The number of halogens is 1. The third-order valence-corrected chi connectivity index (χ3v) is 7.72. The summed E-state index contributed by atoms with van der Waals surface area (Å²) < 4.78 is 38.7. The van der Waals surface area contributed by atoms with Crippen LogP contribution in [0.5, 0.6) is 5.75 Å². The molecular formula is C24H27BrN2O5S. The molecule has 2 aromatic carbocycles. The van der Waals surface area contributed by atoms with Crippen molar-refractivity contribution in [1.29, 1.82) is 0 Å². The third kappa shape index (κ3) is 6.08. The van der Waals surface area contributed by atoms with Gasteiger partial charge in [0.1, 0.15) is 12.4 Å². The van der Waals surface area contributed by atoms with Gasteiger partial charge in [0.25, 0.3) is 10.0 Å². The summed E-state index contributed by atoms with van der Waals surface area (Å²) in [6.45, 7) is 2.60. The molecule has 0 unspecified atom stereocenters. The van der Waals surface area contributed by atoms with Gasteiger partial charge in [0, 0.05) is 17.6 Å². The van der Waals surface area contributed by atoms with E-state index in [-0.39, 0.29) is 22.8 Å². The molecule has 0 atom stereocenters. The number of sulfonamides is 1. The predicted molar refractivity (Wildman–Crippen MR) is 131 cm³/mol. The van der Waals surface area contributed by atoms with Gasteiger partial charge in [-0.3, -0.25) is 4.31 Å². The molecule has 3 rings (SSSR count). The Balaban J connectivity index is 1.70. The minimum Gasteiger partial charge on any atom is -0.481 e. The molecule has 1 aliphatic rings. The second kappa shape index (κ2) is 11.1. The van der Waals surface area contributed by atoms with Crippen molar-refractivity contribution >= 4 is 37.6 Å². The highest BCUT2D eigenvalue weighted by Gasteiger charge is 2.27. The van der Waals surface area contributed by atoms with Crippen molar-refractivity contribution in [3.05, 3.63) is 52.0 Å². The number of carbonyl (C=O) groups is 1. The van der Waals surface area contributed by atoms with E-state index in [9.17, 15) is 13.2 Å². The molecule has 7 nitrogen and oxygen atoms in total. The van der Waals surface area contributed by atoms with Gasteiger partial charge in [-0.1, -0.05) is 34.2 Å². The van der Waals surface area contributed by atoms with Crippen LogP contribution in [0.3, 0.4) is 0 Å². The van der Waals surface area contributed by atoms with Crippen LogP contribution in [0.25, 0.3) is 0 Å². The number of carbonyl (C=O) groups excluding carboxylic acids is 1. The first-order valence-corrected chi connectivity index (χ1v) is 12.8. The summed E-state index contributed by atoms with van der Waals surface area (Å²) in [5, 5.41) is 3.36. The van der Waals surface area contributed by atoms with E-state index in [0.717, 1.165) is 4.31 Å². The van der Waals surface area contributed by atoms with E-state index in [1.54, 1.807) is 31.2 Å². The summed E-state index contributed by atoms with van der Waals surface area (Å²) in [5.41, 5.74) is 1.03. The fourth-order valence-corrected chi connectivity index (χ4v) is 5.30. The zero-order valence-electron chi connectivity index (χ0n) is 18.9. The summed E-state index contributed by atoms with van der Waals surface area (Å²) in [7, 11) is -1.26. The molecular weight excluding hydrogens is 508 g/mol. The van der Waals surface area contributed by atoms with Gasteiger partial charge in [-0.25, -0.2) is 13.2 Å². The monoisotopic (exact) mass is 534 g/mol. The van der Waals surface area contributed by atoms with E-state index in [0.29, 0.717) is 28.4 Å². The van der Waals surface area contributed by atoms with Crippen LogP contribution in [-0.4, -0.2) is 47.7 Å². The van der Waals surface area contributed by atoms with E-state index in [1.165, 1.54) is 45.6 Å². The van der Waals surface area contributed by atoms with Crippen LogP contribution in [0.4, 0.5) is 5.69 Å². The number of hydrogen-bond acceptors (Lipinski definition) is 6. The highest BCUT2D eigenvalue weighted by Crippen LogP contribution is 2.33. The van der Waals surface area contributed by atoms with Gasteiger partial charge < -0.3 is 14.8 Å². The Bertz CT molecular complexity index is 1170. The second-order valence-corrected chi connectivity index (χ2v) is 10.6. The number of anilines is 1. The molecule has 0 heterocycles. The van der Waals surface area contributed by atoms with Gasteiger partial charge >= 0.3 is 5.97 Å². The van der Waals surface area contributed by atoms with Crippen LogP contribution < -0.4 is 14.4 Å². The average Bonchev–Trinajstić information content (AvgIpc) is 2.76. The lowest BCUT2D eigenvalue weighted by atomic mass is 9.93. The topological polar surface area (TPSA) is 84.9 Å². The van der Waals surface area contributed by atoms with Crippen molar-refractivity contribution in [3.63, 3.8) is 0 Å². The van der Waals surface area contributed by atoms with Crippen molar-refractivity contribution in [3.8, 4) is 17.6 Å². The van der Waals surface area contributed by atoms with Crippen LogP contribution >= 0.6 is 15.9 Å². The molecule has 0 bridgehead atoms. The zero-order valence-corrected chi connectivity index (χ0v) is 21.3. The normalized spacial score (nSPS) is 13.5. The predicted octanol–water partition coefficient (Wildman–Crippen LogP) is 3.89. The van der Waals surface area contributed by atoms with Crippen molar-refractivity contribution in [2.75, 3.05) is 31.6 Å². The van der Waals surface area contributed by atoms with Crippen LogP contribution in [0, 0.1) is 18.8 Å². The number of aryl methyl sites for hydroxylation is 1. The van der Waals surface area contributed by atoms with Crippen LogP contribution in [-0.2, 0) is 14.8 Å². The Morgan fingerprint density at radius 1 is 1.21 bits per heavy atom. The molecule has 1 saturated carbocycles. The maximum absolute atomic E-state index is 13.3. The molecule has 1 aliphatic carbocycles. The molecule has 33 heavy (non-hydrogen) atoms. The van der Waals surface area contributed by atoms with Gasteiger partial charge in [-0.15, -0.1) is 0 Å². The lowest BCUT2D eigenvalue weighted by molar-refractivity contribution is 0.0601. The van der Waals surface area contributed by atoms with Crippen molar-refractivity contribution in [1.82, 2.24) is 5.32 Å². The Hall–Kier alpha value is -2.54. The van der Waals surface area contributed by atoms with Gasteiger partial charge in [-0.05, 0) is 61.7 Å². The van der Waals surface area contributed by atoms with Crippen molar-refractivity contribution in [2.45, 2.75) is 37.1 Å². The number of hydrogen-bond donors (Lipinski definition) is 1. The van der Waals surface area contributed by atoms with Crippen LogP contribution in [0.2, 0.25) is 0 Å². The van der Waals surface area contributed by atoms with E-state index >= 15 is 0 Å². The number of rotatable bonds is 8. The highest BCUT2D eigenvalue weighted by atomic mass is 79.9. The number of nitrogens with one attached hydrogen (secondary N) is 1. The summed E-state index contributed by atoms with van der Waals surface area (Å²) in [6.07, 6.45) is 3.72. The first-order chi connectivity index (χ1) is 15.7. The Morgan fingerprint density at radius 2 is 1.91 bits per heavy atom. The molecule has 1 N–H and O–H groups in total. The molecule has 2 aromatic rings. The van der Waals surface area contributed by atoms with E-state index in [2.05, 4.69) is 33.1 Å². The minimum absolute atomic E-state index is 0.0752. The molecule has 0 saturated heterocycles. The van der Waals surface area contributed by atoms with E-state index in [1.807, 2.05) is 0 Å². The fourth-order valence-electron chi connectivity index (χ4n) is 3.45. The van der Waals surface area contributed by atoms with Gasteiger partial charge in [0.15, 0.2) is 0 Å². The lowest BCUT2D eigenvalue weighted by Crippen LogP contribution is -2.35. The Morgan fingerprint density at radius 3 is 2.52 bits per heavy atom. The average molecular weight is 535 g/mol. The minimum atomic E-state index is -3.93. The van der Waals surface area contributed by atoms with E-state index < -0.39 is 16.0 Å². The number of methoxy groups -OCH3 is 1. The Labute approximate surface area is 203 Å². The fraction of sp³-hybridized carbons (Fsp3) is 0.375. The quantitative estimate of drug-likeness (QED) is 0.408. The Kier molecular flexibility index (Phi) is 8.40. The highest BCUT2D eigenvalue weighted by molar-refractivity contribution is 9.10. The molecule has 0 amide bonds. The smallest absolute Gasteiger partial charge is 0.340 e. The third-order valence-electron chi connectivity index (χ3n) is 5.49. The standard InChI is InChI=1S/C24H27BrN2O5S/c1-17-15-18(25)16-22(24(28)31-3)23(17)27(2)33(29,30)21-11-9-20(10-12-21)32-14-5-4-13-26-19-7-6-8-19/h9-12,15-16,19,26H,6-8,13-14H2,1-3H3. The van der Waals surface area contributed by atoms with E-state index in [4.69, 9.17) is 9.47 Å². The largest absolute Gasteiger partial charge is 0.481 e. The summed E-state index contributed by atoms with van der Waals surface area (Å²) in [5.74, 6) is 5.87. The van der Waals surface area contributed by atoms with Gasteiger partial charge in [0.2, 0.25) is 0 Å². The number of esters is 1. The first kappa shape index (κ1) is 25.1. The number of benzene rings is 2. The molecule has 0 aliphatic heterocycles. The van der Waals surface area contributed by atoms with Crippen molar-refractivity contribution in [2.24, 2.45) is 0 Å². The molecule has 0 radical (unpaired) electrons. The first-order valence-electron chi connectivity index (χ1n) is 10.5. The summed E-state index contributed by atoms with van der Waals surface area (Å²) in [4.78, 5) is 12.3. The molecule has 0 aromatic heterocycles. The SMILES string of the molecule is COC(=O)c1cc(Br)cc(C)c1N(C)S(=O)(=O)c1ccc(OCC#CCNC2CCC2)cc1. The maximum atomic E-state index is 13.3. The molecule has 1 fully saturated rings. The maximum Gasteiger partial charge on any atom is 0.340 e. The zero-order chi connectivity index (χ0) is 24.0. The number of ether oxygens (including phenoxy) is 2. The van der Waals surface area contributed by atoms with Crippen LogP contribution in [0.1, 0.15) is 35.2 Å². The molecule has 176 valence electrons. The van der Waals surface area contributed by atoms with Gasteiger partial charge in [0.05, 0.1) is 29.8 Å². The van der Waals surface area contributed by atoms with Crippen molar-refractivity contribution < 1.29 is 22.7 Å². The number of nitrogens with zero attached hydrogens (tertiary/aromatic N) is 1. The second-order valence-electron chi connectivity index (χ2n) is 7.71. The summed E-state index contributed by atoms with van der Waals surface area (Å²) >= 11 is 3.34. The summed E-state index contributed by atoms with van der Waals surface area (Å²) in [6, 6.07) is 10.00. The van der Waals surface area contributed by atoms with Crippen LogP contribution in [0.15, 0.2) is 45.8 Å². The molecule has 0 spiro atoms. The lowest BCUT2D eigenvalue weighted by Gasteiger charge is -2.25. The molecule has 9 heteroatoms.